The van der Waals surface area contributed by atoms with E-state index in [-0.39, 0.29) is 12.5 Å². The average Bonchev–Trinajstić information content (AvgIpc) is 2.57. The molecule has 0 unspecified atom stereocenters. The van der Waals surface area contributed by atoms with E-state index in [1.165, 1.54) is 16.2 Å². The Kier molecular flexibility index (Phi) is 6.27. The lowest BCUT2D eigenvalue weighted by atomic mass is 10.1. The molecule has 0 bridgehead atoms. The van der Waals surface area contributed by atoms with Gasteiger partial charge in [0.25, 0.3) is 0 Å². The van der Waals surface area contributed by atoms with E-state index in [0.717, 1.165) is 18.4 Å². The molecule has 1 amide bonds. The molecule has 0 aliphatic carbocycles. The average molecular weight is 296 g/mol. The van der Waals surface area contributed by atoms with Gasteiger partial charge in [0, 0.05) is 20.0 Å². The van der Waals surface area contributed by atoms with Gasteiger partial charge in [0.1, 0.15) is 0 Å². The number of aryl methyl sites for hydroxylation is 1. The molecule has 0 fully saturated rings. The number of rotatable bonds is 6. The number of carbonyl (C=O) groups is 1. The van der Waals surface area contributed by atoms with Crippen molar-refractivity contribution in [2.75, 3.05) is 20.2 Å². The topological polar surface area (TPSA) is 40.5 Å². The fourth-order valence-electron chi connectivity index (χ4n) is 1.44. The maximum atomic E-state index is 11.6. The SMILES string of the molecule is CN(CCO)C(=O)CCCc1cc(Cl)sc1Cl. The zero-order valence-corrected chi connectivity index (χ0v) is 11.9. The van der Waals surface area contributed by atoms with Crippen LogP contribution in [-0.2, 0) is 11.2 Å². The molecule has 0 aliphatic rings. The lowest BCUT2D eigenvalue weighted by Gasteiger charge is -2.15. The molecule has 0 saturated heterocycles. The molecule has 0 aliphatic heterocycles. The van der Waals surface area contributed by atoms with Gasteiger partial charge >= 0.3 is 0 Å². The van der Waals surface area contributed by atoms with Gasteiger partial charge in [-0.05, 0) is 24.5 Å². The lowest BCUT2D eigenvalue weighted by molar-refractivity contribution is -0.130. The maximum absolute atomic E-state index is 11.6. The first-order valence-corrected chi connectivity index (χ1v) is 6.90. The molecule has 0 saturated carbocycles. The van der Waals surface area contributed by atoms with Gasteiger partial charge in [-0.15, -0.1) is 11.3 Å². The lowest BCUT2D eigenvalue weighted by Crippen LogP contribution is -2.29. The van der Waals surface area contributed by atoms with Crippen molar-refractivity contribution in [2.45, 2.75) is 19.3 Å². The summed E-state index contributed by atoms with van der Waals surface area (Å²) >= 11 is 13.2. The zero-order valence-electron chi connectivity index (χ0n) is 9.58. The Bertz CT molecular complexity index is 382. The molecule has 1 aromatic rings. The van der Waals surface area contributed by atoms with Crippen LogP contribution in [0, 0.1) is 0 Å². The Labute approximate surface area is 115 Å². The van der Waals surface area contributed by atoms with Gasteiger partial charge in [-0.2, -0.15) is 0 Å². The highest BCUT2D eigenvalue weighted by Crippen LogP contribution is 2.32. The highest BCUT2D eigenvalue weighted by Gasteiger charge is 2.10. The summed E-state index contributed by atoms with van der Waals surface area (Å²) in [6.07, 6.45) is 1.95. The number of likely N-dealkylation sites (N-methyl/N-ethyl adjacent to an activating group) is 1. The second-order valence-electron chi connectivity index (χ2n) is 3.74. The summed E-state index contributed by atoms with van der Waals surface area (Å²) in [5, 5.41) is 8.70. The standard InChI is InChI=1S/C11H15Cl2NO2S/c1-14(5-6-15)10(16)4-2-3-8-7-9(12)17-11(8)13/h7,15H,2-6H2,1H3. The van der Waals surface area contributed by atoms with E-state index >= 15 is 0 Å². The third-order valence-electron chi connectivity index (χ3n) is 2.43. The smallest absolute Gasteiger partial charge is 0.222 e. The van der Waals surface area contributed by atoms with Crippen LogP contribution in [0.2, 0.25) is 8.67 Å². The second kappa shape index (κ2) is 7.21. The quantitative estimate of drug-likeness (QED) is 0.877. The third kappa shape index (κ3) is 4.84. The summed E-state index contributed by atoms with van der Waals surface area (Å²) in [4.78, 5) is 13.1. The van der Waals surface area contributed by atoms with E-state index in [0.29, 0.717) is 21.6 Å². The van der Waals surface area contributed by atoms with Crippen molar-refractivity contribution in [3.63, 3.8) is 0 Å². The Morgan fingerprint density at radius 1 is 1.53 bits per heavy atom. The molecule has 1 aromatic heterocycles. The molecule has 17 heavy (non-hydrogen) atoms. The monoisotopic (exact) mass is 295 g/mol. The molecule has 3 nitrogen and oxygen atoms in total. The first kappa shape index (κ1) is 14.8. The fraction of sp³-hybridized carbons (Fsp3) is 0.545. The number of halogens is 2. The molecule has 6 heteroatoms. The van der Waals surface area contributed by atoms with Gasteiger partial charge in [0.2, 0.25) is 5.91 Å². The van der Waals surface area contributed by atoms with E-state index in [4.69, 9.17) is 28.3 Å². The van der Waals surface area contributed by atoms with E-state index in [2.05, 4.69) is 0 Å². The molecular formula is C11H15Cl2NO2S. The molecule has 1 heterocycles. The van der Waals surface area contributed by atoms with Crippen molar-refractivity contribution in [1.29, 1.82) is 0 Å². The Morgan fingerprint density at radius 3 is 2.76 bits per heavy atom. The maximum Gasteiger partial charge on any atom is 0.222 e. The molecule has 0 atom stereocenters. The van der Waals surface area contributed by atoms with Crippen molar-refractivity contribution in [1.82, 2.24) is 4.90 Å². The van der Waals surface area contributed by atoms with Crippen molar-refractivity contribution in [3.05, 3.63) is 20.3 Å². The minimum absolute atomic E-state index is 0.00575. The predicted molar refractivity (Wildman–Crippen MR) is 72.0 cm³/mol. The Hall–Kier alpha value is -0.290. The van der Waals surface area contributed by atoms with Crippen LogP contribution in [0.3, 0.4) is 0 Å². The number of nitrogens with zero attached hydrogens (tertiary/aromatic N) is 1. The number of carbonyl (C=O) groups excluding carboxylic acids is 1. The van der Waals surface area contributed by atoms with Crippen LogP contribution in [0.25, 0.3) is 0 Å². The fourth-order valence-corrected chi connectivity index (χ4v) is 2.98. The van der Waals surface area contributed by atoms with Gasteiger partial charge in [-0.1, -0.05) is 23.2 Å². The van der Waals surface area contributed by atoms with Crippen molar-refractivity contribution < 1.29 is 9.90 Å². The van der Waals surface area contributed by atoms with E-state index in [1.54, 1.807) is 7.05 Å². The second-order valence-corrected chi connectivity index (χ2v) is 6.03. The summed E-state index contributed by atoms with van der Waals surface area (Å²) in [5.74, 6) is 0.0384. The number of aliphatic hydroxyl groups excluding tert-OH is 1. The number of aliphatic hydroxyl groups is 1. The predicted octanol–water partition coefficient (Wildman–Crippen LogP) is 2.83. The number of amides is 1. The highest BCUT2D eigenvalue weighted by atomic mass is 35.5. The summed E-state index contributed by atoms with van der Waals surface area (Å²) < 4.78 is 1.37. The Morgan fingerprint density at radius 2 is 2.24 bits per heavy atom. The minimum atomic E-state index is -0.00575. The normalized spacial score (nSPS) is 10.6. The first-order chi connectivity index (χ1) is 8.04. The van der Waals surface area contributed by atoms with Gasteiger partial charge in [0.05, 0.1) is 15.3 Å². The molecule has 0 aromatic carbocycles. The van der Waals surface area contributed by atoms with Crippen LogP contribution in [0.15, 0.2) is 6.07 Å². The number of hydrogen-bond donors (Lipinski definition) is 1. The van der Waals surface area contributed by atoms with Crippen LogP contribution in [-0.4, -0.2) is 36.1 Å². The van der Waals surface area contributed by atoms with E-state index < -0.39 is 0 Å². The molecule has 1 N–H and O–H groups in total. The summed E-state index contributed by atoms with van der Waals surface area (Å²) in [7, 11) is 1.69. The van der Waals surface area contributed by atoms with Gasteiger partial charge in [0.15, 0.2) is 0 Å². The number of thiophene rings is 1. The van der Waals surface area contributed by atoms with Crippen molar-refractivity contribution >= 4 is 40.4 Å². The zero-order chi connectivity index (χ0) is 12.8. The molecule has 1 rings (SSSR count). The van der Waals surface area contributed by atoms with Crippen LogP contribution in [0.1, 0.15) is 18.4 Å². The van der Waals surface area contributed by atoms with Crippen molar-refractivity contribution in [3.8, 4) is 0 Å². The molecular weight excluding hydrogens is 281 g/mol. The van der Waals surface area contributed by atoms with E-state index in [1.807, 2.05) is 6.07 Å². The van der Waals surface area contributed by atoms with Gasteiger partial charge in [-0.3, -0.25) is 4.79 Å². The molecule has 0 radical (unpaired) electrons. The van der Waals surface area contributed by atoms with Gasteiger partial charge in [-0.25, -0.2) is 0 Å². The first-order valence-electron chi connectivity index (χ1n) is 5.33. The summed E-state index contributed by atoms with van der Waals surface area (Å²) in [6, 6.07) is 1.84. The third-order valence-corrected chi connectivity index (χ3v) is 3.99. The van der Waals surface area contributed by atoms with Crippen LogP contribution < -0.4 is 0 Å². The summed E-state index contributed by atoms with van der Waals surface area (Å²) in [6.45, 7) is 0.373. The van der Waals surface area contributed by atoms with Gasteiger partial charge < -0.3 is 10.0 Å². The highest BCUT2D eigenvalue weighted by molar-refractivity contribution is 7.20. The molecule has 96 valence electrons. The van der Waals surface area contributed by atoms with Crippen LogP contribution >= 0.6 is 34.5 Å². The largest absolute Gasteiger partial charge is 0.395 e. The number of hydrogen-bond acceptors (Lipinski definition) is 3. The van der Waals surface area contributed by atoms with Crippen LogP contribution in [0.4, 0.5) is 0 Å². The van der Waals surface area contributed by atoms with Crippen LogP contribution in [0.5, 0.6) is 0 Å². The van der Waals surface area contributed by atoms with Crippen molar-refractivity contribution in [2.24, 2.45) is 0 Å². The minimum Gasteiger partial charge on any atom is -0.395 e. The molecule has 0 spiro atoms. The van der Waals surface area contributed by atoms with E-state index in [9.17, 15) is 4.79 Å². The summed E-state index contributed by atoms with van der Waals surface area (Å²) in [5.41, 5.74) is 0.999. The Balaban J connectivity index is 2.33.